The monoisotopic (exact) mass is 394 g/mol. The Balaban J connectivity index is 1.25. The second-order valence-corrected chi connectivity index (χ2v) is 6.91. The maximum atomic E-state index is 12.1. The van der Waals surface area contributed by atoms with Crippen LogP contribution in [0.5, 0.6) is 0 Å². The van der Waals surface area contributed by atoms with Crippen LogP contribution in [0.4, 0.5) is 0 Å². The average Bonchev–Trinajstić information content (AvgIpc) is 3.35. The van der Waals surface area contributed by atoms with Gasteiger partial charge in [-0.05, 0) is 42.3 Å². The van der Waals surface area contributed by atoms with Crippen molar-refractivity contribution in [1.29, 1.82) is 0 Å². The third-order valence-corrected chi connectivity index (χ3v) is 4.78. The Kier molecular flexibility index (Phi) is 5.39. The van der Waals surface area contributed by atoms with Gasteiger partial charge in [-0.3, -0.25) is 4.79 Å². The van der Waals surface area contributed by atoms with Crippen LogP contribution in [0, 0.1) is 0 Å². The molecule has 2 aromatic carbocycles. The van der Waals surface area contributed by atoms with E-state index < -0.39 is 0 Å². The van der Waals surface area contributed by atoms with Gasteiger partial charge in [0.25, 0.3) is 0 Å². The van der Waals surface area contributed by atoms with E-state index in [1.54, 1.807) is 12.1 Å². The van der Waals surface area contributed by atoms with Crippen LogP contribution in [0.25, 0.3) is 22.3 Å². The van der Waals surface area contributed by atoms with Gasteiger partial charge in [0.2, 0.25) is 17.6 Å². The Morgan fingerprint density at radius 2 is 1.93 bits per heavy atom. The highest BCUT2D eigenvalue weighted by Crippen LogP contribution is 2.19. The highest BCUT2D eigenvalue weighted by molar-refractivity contribution is 6.30. The standard InChI is InChI=1S/C21H19ClN4O2/c22-16-7-5-14(6-8-16)21-25-20(28-26-21)10-9-19(27)23-12-11-15-13-24-18-4-2-1-3-17(15)18/h1-8,13,24H,9-12H2,(H,23,27). The van der Waals surface area contributed by atoms with E-state index in [4.69, 9.17) is 16.1 Å². The molecule has 28 heavy (non-hydrogen) atoms. The average molecular weight is 395 g/mol. The van der Waals surface area contributed by atoms with Crippen molar-refractivity contribution in [3.63, 3.8) is 0 Å². The highest BCUT2D eigenvalue weighted by Gasteiger charge is 2.11. The van der Waals surface area contributed by atoms with Gasteiger partial charge in [-0.25, -0.2) is 0 Å². The van der Waals surface area contributed by atoms with Crippen molar-refractivity contribution in [2.45, 2.75) is 19.3 Å². The maximum absolute atomic E-state index is 12.1. The number of carbonyl (C=O) groups is 1. The largest absolute Gasteiger partial charge is 0.361 e. The van der Waals surface area contributed by atoms with Crippen molar-refractivity contribution in [2.75, 3.05) is 6.54 Å². The number of aromatic nitrogens is 3. The molecule has 0 saturated heterocycles. The number of hydrogen-bond donors (Lipinski definition) is 2. The quantitative estimate of drug-likeness (QED) is 0.493. The number of benzene rings is 2. The van der Waals surface area contributed by atoms with Gasteiger partial charge in [-0.15, -0.1) is 0 Å². The number of amides is 1. The van der Waals surface area contributed by atoms with Gasteiger partial charge < -0.3 is 14.8 Å². The molecule has 1 amide bonds. The Hall–Kier alpha value is -3.12. The molecule has 0 spiro atoms. The van der Waals surface area contributed by atoms with Gasteiger partial charge in [0.05, 0.1) is 0 Å². The lowest BCUT2D eigenvalue weighted by Gasteiger charge is -2.03. The van der Waals surface area contributed by atoms with Gasteiger partial charge in [0.1, 0.15) is 0 Å². The van der Waals surface area contributed by atoms with Crippen molar-refractivity contribution in [3.05, 3.63) is 71.2 Å². The van der Waals surface area contributed by atoms with E-state index in [-0.39, 0.29) is 5.91 Å². The molecule has 7 heteroatoms. The van der Waals surface area contributed by atoms with Gasteiger partial charge in [0, 0.05) is 47.1 Å². The molecular formula is C21H19ClN4O2. The summed E-state index contributed by atoms with van der Waals surface area (Å²) in [6.07, 6.45) is 3.47. The number of aromatic amines is 1. The summed E-state index contributed by atoms with van der Waals surface area (Å²) < 4.78 is 5.23. The minimum Gasteiger partial charge on any atom is -0.361 e. The Morgan fingerprint density at radius 3 is 2.79 bits per heavy atom. The van der Waals surface area contributed by atoms with Crippen molar-refractivity contribution in [3.8, 4) is 11.4 Å². The molecule has 0 atom stereocenters. The molecular weight excluding hydrogens is 376 g/mol. The Labute approximate surface area is 166 Å². The smallest absolute Gasteiger partial charge is 0.227 e. The fourth-order valence-corrected chi connectivity index (χ4v) is 3.18. The van der Waals surface area contributed by atoms with Crippen LogP contribution >= 0.6 is 11.6 Å². The van der Waals surface area contributed by atoms with E-state index in [1.807, 2.05) is 36.5 Å². The SMILES string of the molecule is O=C(CCc1nc(-c2ccc(Cl)cc2)no1)NCCc1c[nH]c2ccccc12. The van der Waals surface area contributed by atoms with Crippen LogP contribution in [0.3, 0.4) is 0 Å². The number of H-pyrrole nitrogens is 1. The molecule has 2 aromatic heterocycles. The number of rotatable bonds is 7. The van der Waals surface area contributed by atoms with Gasteiger partial charge in [0.15, 0.2) is 0 Å². The number of halogens is 1. The third kappa shape index (κ3) is 4.23. The Morgan fingerprint density at radius 1 is 1.11 bits per heavy atom. The summed E-state index contributed by atoms with van der Waals surface area (Å²) in [5.74, 6) is 0.897. The molecule has 2 heterocycles. The molecule has 6 nitrogen and oxygen atoms in total. The molecule has 0 aliphatic carbocycles. The summed E-state index contributed by atoms with van der Waals surface area (Å²) in [6.45, 7) is 0.584. The lowest BCUT2D eigenvalue weighted by Crippen LogP contribution is -2.25. The molecule has 0 bridgehead atoms. The van der Waals surface area contributed by atoms with Crippen molar-refractivity contribution >= 4 is 28.4 Å². The topological polar surface area (TPSA) is 83.8 Å². The first-order valence-corrected chi connectivity index (χ1v) is 9.47. The van der Waals surface area contributed by atoms with Crippen molar-refractivity contribution < 1.29 is 9.32 Å². The summed E-state index contributed by atoms with van der Waals surface area (Å²) in [5, 5.41) is 8.74. The van der Waals surface area contributed by atoms with Crippen LogP contribution in [-0.2, 0) is 17.6 Å². The lowest BCUT2D eigenvalue weighted by atomic mass is 10.1. The fourth-order valence-electron chi connectivity index (χ4n) is 3.06. The molecule has 0 unspecified atom stereocenters. The Bertz CT molecular complexity index is 1090. The van der Waals surface area contributed by atoms with E-state index in [9.17, 15) is 4.79 Å². The summed E-state index contributed by atoms with van der Waals surface area (Å²) in [5.41, 5.74) is 3.12. The number of hydrogen-bond acceptors (Lipinski definition) is 4. The predicted octanol–water partition coefficient (Wildman–Crippen LogP) is 4.16. The van der Waals surface area contributed by atoms with Gasteiger partial charge in [-0.1, -0.05) is 35.0 Å². The number of fused-ring (bicyclic) bond motifs is 1. The van der Waals surface area contributed by atoms with Crippen molar-refractivity contribution in [2.24, 2.45) is 0 Å². The predicted molar refractivity (Wildman–Crippen MR) is 108 cm³/mol. The number of nitrogens with one attached hydrogen (secondary N) is 2. The summed E-state index contributed by atoms with van der Waals surface area (Å²) in [4.78, 5) is 19.7. The molecule has 0 fully saturated rings. The molecule has 4 rings (SSSR count). The number of carbonyl (C=O) groups excluding carboxylic acids is 1. The lowest BCUT2D eigenvalue weighted by molar-refractivity contribution is -0.121. The first-order chi connectivity index (χ1) is 13.7. The van der Waals surface area contributed by atoms with Crippen LogP contribution in [0.1, 0.15) is 17.9 Å². The number of para-hydroxylation sites is 1. The molecule has 2 N–H and O–H groups in total. The zero-order chi connectivity index (χ0) is 19.3. The summed E-state index contributed by atoms with van der Waals surface area (Å²) >= 11 is 5.88. The minimum absolute atomic E-state index is 0.0360. The zero-order valence-electron chi connectivity index (χ0n) is 15.1. The molecule has 0 aliphatic rings. The first kappa shape index (κ1) is 18.3. The van der Waals surface area contributed by atoms with Crippen LogP contribution < -0.4 is 5.32 Å². The van der Waals surface area contributed by atoms with Crippen LogP contribution in [0.15, 0.2) is 59.3 Å². The molecule has 0 saturated carbocycles. The second-order valence-electron chi connectivity index (χ2n) is 6.48. The molecule has 4 aromatic rings. The normalized spacial score (nSPS) is 11.0. The highest BCUT2D eigenvalue weighted by atomic mass is 35.5. The molecule has 0 aliphatic heterocycles. The number of nitrogens with zero attached hydrogens (tertiary/aromatic N) is 2. The minimum atomic E-state index is -0.0360. The zero-order valence-corrected chi connectivity index (χ0v) is 15.9. The molecule has 142 valence electrons. The molecule has 0 radical (unpaired) electrons. The first-order valence-electron chi connectivity index (χ1n) is 9.09. The van der Waals surface area contributed by atoms with E-state index >= 15 is 0 Å². The van der Waals surface area contributed by atoms with Crippen LogP contribution in [-0.4, -0.2) is 27.6 Å². The van der Waals surface area contributed by atoms with Gasteiger partial charge in [-0.2, -0.15) is 4.98 Å². The van der Waals surface area contributed by atoms with E-state index in [0.717, 1.165) is 17.5 Å². The van der Waals surface area contributed by atoms with E-state index in [2.05, 4.69) is 26.5 Å². The number of aryl methyl sites for hydroxylation is 1. The van der Waals surface area contributed by atoms with Crippen LogP contribution in [0.2, 0.25) is 5.02 Å². The van der Waals surface area contributed by atoms with E-state index in [0.29, 0.717) is 36.1 Å². The summed E-state index contributed by atoms with van der Waals surface area (Å²) in [7, 11) is 0. The fraction of sp³-hybridized carbons (Fsp3) is 0.190. The van der Waals surface area contributed by atoms with Crippen molar-refractivity contribution in [1.82, 2.24) is 20.4 Å². The van der Waals surface area contributed by atoms with Gasteiger partial charge >= 0.3 is 0 Å². The summed E-state index contributed by atoms with van der Waals surface area (Å²) in [6, 6.07) is 15.3. The van der Waals surface area contributed by atoms with E-state index in [1.165, 1.54) is 10.9 Å². The maximum Gasteiger partial charge on any atom is 0.227 e. The second kappa shape index (κ2) is 8.27. The third-order valence-electron chi connectivity index (χ3n) is 4.53.